The molecule has 1 aromatic carbocycles. The van der Waals surface area contributed by atoms with Crippen LogP contribution in [0.5, 0.6) is 0 Å². The first-order chi connectivity index (χ1) is 13.7. The SMILES string of the molecule is CCCN(CC)c1ccc(Nc2nc(N3CCCC[C@H]3C)cnc2C#N)cc1. The Labute approximate surface area is 168 Å². The molecule has 3 rings (SSSR count). The van der Waals surface area contributed by atoms with Crippen LogP contribution in [-0.4, -0.2) is 35.6 Å². The van der Waals surface area contributed by atoms with Crippen LogP contribution in [0.1, 0.15) is 52.1 Å². The minimum atomic E-state index is 0.318. The van der Waals surface area contributed by atoms with Gasteiger partial charge in [-0.1, -0.05) is 6.92 Å². The molecule has 2 heterocycles. The Morgan fingerprint density at radius 2 is 2.04 bits per heavy atom. The Hall–Kier alpha value is -2.81. The van der Waals surface area contributed by atoms with Crippen LogP contribution in [0.15, 0.2) is 30.5 Å². The van der Waals surface area contributed by atoms with Crippen molar-refractivity contribution in [2.75, 3.05) is 34.8 Å². The molecule has 2 aromatic rings. The van der Waals surface area contributed by atoms with Gasteiger partial charge < -0.3 is 15.1 Å². The number of nitrogens with zero attached hydrogens (tertiary/aromatic N) is 5. The van der Waals surface area contributed by atoms with Crippen molar-refractivity contribution in [3.63, 3.8) is 0 Å². The van der Waals surface area contributed by atoms with Crippen LogP contribution in [0, 0.1) is 11.3 Å². The highest BCUT2D eigenvalue weighted by Gasteiger charge is 2.21. The normalized spacial score (nSPS) is 16.5. The minimum absolute atomic E-state index is 0.318. The van der Waals surface area contributed by atoms with Crippen LogP contribution in [0.4, 0.5) is 23.0 Å². The van der Waals surface area contributed by atoms with E-state index in [1.54, 1.807) is 6.20 Å². The molecule has 1 aliphatic rings. The molecule has 1 aromatic heterocycles. The van der Waals surface area contributed by atoms with Gasteiger partial charge in [0.05, 0.1) is 6.20 Å². The van der Waals surface area contributed by atoms with E-state index in [1.165, 1.54) is 18.5 Å². The number of anilines is 4. The maximum absolute atomic E-state index is 9.44. The second-order valence-electron chi connectivity index (χ2n) is 7.33. The maximum atomic E-state index is 9.44. The zero-order chi connectivity index (χ0) is 19.9. The largest absolute Gasteiger partial charge is 0.372 e. The molecule has 1 fully saturated rings. The van der Waals surface area contributed by atoms with Crippen LogP contribution < -0.4 is 15.1 Å². The molecule has 0 unspecified atom stereocenters. The van der Waals surface area contributed by atoms with Crippen LogP contribution in [-0.2, 0) is 0 Å². The van der Waals surface area contributed by atoms with Crippen molar-refractivity contribution in [1.29, 1.82) is 5.26 Å². The van der Waals surface area contributed by atoms with E-state index in [1.807, 2.05) is 12.1 Å². The Bertz CT molecular complexity index is 811. The smallest absolute Gasteiger partial charge is 0.183 e. The summed E-state index contributed by atoms with van der Waals surface area (Å²) in [6.45, 7) is 9.60. The first kappa shape index (κ1) is 19.9. The topological polar surface area (TPSA) is 68.1 Å². The second-order valence-corrected chi connectivity index (χ2v) is 7.33. The van der Waals surface area contributed by atoms with Gasteiger partial charge in [-0.2, -0.15) is 5.26 Å². The molecule has 0 radical (unpaired) electrons. The van der Waals surface area contributed by atoms with Gasteiger partial charge in [0.15, 0.2) is 11.5 Å². The first-order valence-electron chi connectivity index (χ1n) is 10.3. The van der Waals surface area contributed by atoms with Gasteiger partial charge in [0.2, 0.25) is 0 Å². The van der Waals surface area contributed by atoms with Gasteiger partial charge in [-0.3, -0.25) is 0 Å². The molecule has 0 amide bonds. The number of hydrogen-bond acceptors (Lipinski definition) is 6. The molecular weight excluding hydrogens is 348 g/mol. The van der Waals surface area contributed by atoms with Crippen LogP contribution >= 0.6 is 0 Å². The van der Waals surface area contributed by atoms with Gasteiger partial charge in [0.25, 0.3) is 0 Å². The Kier molecular flexibility index (Phi) is 6.70. The zero-order valence-electron chi connectivity index (χ0n) is 17.1. The standard InChI is InChI=1S/C22H30N6/c1-4-13-27(5-2)19-11-9-18(10-12-19)25-22-20(15-23)24-16-21(26-22)28-14-7-6-8-17(28)3/h9-12,16-17H,4-8,13-14H2,1-3H3,(H,25,26)/t17-/m1/s1. The van der Waals surface area contributed by atoms with Crippen molar-refractivity contribution in [2.24, 2.45) is 0 Å². The van der Waals surface area contributed by atoms with E-state index in [-0.39, 0.29) is 0 Å². The van der Waals surface area contributed by atoms with E-state index in [9.17, 15) is 5.26 Å². The number of aromatic nitrogens is 2. The lowest BCUT2D eigenvalue weighted by Gasteiger charge is -2.34. The predicted molar refractivity (Wildman–Crippen MR) is 115 cm³/mol. The lowest BCUT2D eigenvalue weighted by Crippen LogP contribution is -2.38. The molecular formula is C22H30N6. The summed E-state index contributed by atoms with van der Waals surface area (Å²) in [5.74, 6) is 1.36. The summed E-state index contributed by atoms with van der Waals surface area (Å²) < 4.78 is 0. The maximum Gasteiger partial charge on any atom is 0.183 e. The van der Waals surface area contributed by atoms with Gasteiger partial charge in [-0.15, -0.1) is 0 Å². The summed E-state index contributed by atoms with van der Waals surface area (Å²) in [6, 6.07) is 10.9. The molecule has 1 N–H and O–H groups in total. The highest BCUT2D eigenvalue weighted by atomic mass is 15.2. The minimum Gasteiger partial charge on any atom is -0.372 e. The molecule has 0 saturated carbocycles. The van der Waals surface area contributed by atoms with E-state index in [0.29, 0.717) is 17.6 Å². The average molecular weight is 379 g/mol. The molecule has 28 heavy (non-hydrogen) atoms. The number of rotatable bonds is 7. The highest BCUT2D eigenvalue weighted by Crippen LogP contribution is 2.26. The van der Waals surface area contributed by atoms with Gasteiger partial charge >= 0.3 is 0 Å². The lowest BCUT2D eigenvalue weighted by molar-refractivity contribution is 0.481. The third kappa shape index (κ3) is 4.53. The zero-order valence-corrected chi connectivity index (χ0v) is 17.1. The third-order valence-electron chi connectivity index (χ3n) is 5.33. The van der Waals surface area contributed by atoms with E-state index >= 15 is 0 Å². The molecule has 1 atom stereocenters. The summed E-state index contributed by atoms with van der Waals surface area (Å²) in [5, 5.41) is 12.7. The highest BCUT2D eigenvalue weighted by molar-refractivity contribution is 5.65. The fourth-order valence-electron chi connectivity index (χ4n) is 3.76. The molecule has 1 saturated heterocycles. The molecule has 0 bridgehead atoms. The summed E-state index contributed by atoms with van der Waals surface area (Å²) >= 11 is 0. The van der Waals surface area contributed by atoms with Gasteiger partial charge in [0.1, 0.15) is 11.9 Å². The Morgan fingerprint density at radius 1 is 1.25 bits per heavy atom. The Balaban J connectivity index is 1.81. The molecule has 0 spiro atoms. The number of hydrogen-bond donors (Lipinski definition) is 1. The Morgan fingerprint density at radius 3 is 2.68 bits per heavy atom. The predicted octanol–water partition coefficient (Wildman–Crippen LogP) is 4.71. The van der Waals surface area contributed by atoms with Crippen molar-refractivity contribution in [2.45, 2.75) is 52.5 Å². The van der Waals surface area contributed by atoms with Crippen molar-refractivity contribution >= 4 is 23.0 Å². The molecule has 6 nitrogen and oxygen atoms in total. The molecule has 6 heteroatoms. The number of benzene rings is 1. The number of nitrogens with one attached hydrogen (secondary N) is 1. The van der Waals surface area contributed by atoms with E-state index < -0.39 is 0 Å². The van der Waals surface area contributed by atoms with Crippen molar-refractivity contribution in [3.8, 4) is 6.07 Å². The van der Waals surface area contributed by atoms with E-state index in [2.05, 4.69) is 59.1 Å². The average Bonchev–Trinajstić information content (AvgIpc) is 2.73. The van der Waals surface area contributed by atoms with Crippen molar-refractivity contribution in [1.82, 2.24) is 9.97 Å². The van der Waals surface area contributed by atoms with Crippen molar-refractivity contribution in [3.05, 3.63) is 36.2 Å². The summed E-state index contributed by atoms with van der Waals surface area (Å²) in [6.07, 6.45) is 6.43. The van der Waals surface area contributed by atoms with Crippen LogP contribution in [0.3, 0.4) is 0 Å². The van der Waals surface area contributed by atoms with E-state index in [0.717, 1.165) is 44.0 Å². The molecule has 1 aliphatic heterocycles. The number of piperidine rings is 1. The van der Waals surface area contributed by atoms with E-state index in [4.69, 9.17) is 4.98 Å². The lowest BCUT2D eigenvalue weighted by atomic mass is 10.0. The summed E-state index contributed by atoms with van der Waals surface area (Å²) in [4.78, 5) is 13.7. The molecule has 148 valence electrons. The second kappa shape index (κ2) is 9.41. The quantitative estimate of drug-likeness (QED) is 0.753. The number of nitriles is 1. The monoisotopic (exact) mass is 378 g/mol. The molecule has 0 aliphatic carbocycles. The van der Waals surface area contributed by atoms with Crippen LogP contribution in [0.25, 0.3) is 0 Å². The van der Waals surface area contributed by atoms with Gasteiger partial charge in [0, 0.05) is 37.1 Å². The summed E-state index contributed by atoms with van der Waals surface area (Å²) in [5.41, 5.74) is 2.43. The van der Waals surface area contributed by atoms with Crippen molar-refractivity contribution < 1.29 is 0 Å². The fraction of sp³-hybridized carbons (Fsp3) is 0.500. The summed E-state index contributed by atoms with van der Waals surface area (Å²) in [7, 11) is 0. The fourth-order valence-corrected chi connectivity index (χ4v) is 3.76. The van der Waals surface area contributed by atoms with Crippen LogP contribution in [0.2, 0.25) is 0 Å². The van der Waals surface area contributed by atoms with Gasteiger partial charge in [-0.05, 0) is 63.8 Å². The first-order valence-corrected chi connectivity index (χ1v) is 10.3. The van der Waals surface area contributed by atoms with Gasteiger partial charge in [-0.25, -0.2) is 9.97 Å². The third-order valence-corrected chi connectivity index (χ3v) is 5.33.